The van der Waals surface area contributed by atoms with Crippen LogP contribution in [-0.2, 0) is 33.2 Å². The summed E-state index contributed by atoms with van der Waals surface area (Å²) in [6.45, 7) is 1.59. The fourth-order valence-electron chi connectivity index (χ4n) is 3.62. The van der Waals surface area contributed by atoms with E-state index in [1.54, 1.807) is 49.4 Å². The van der Waals surface area contributed by atoms with Crippen LogP contribution in [0.5, 0.6) is 0 Å². The van der Waals surface area contributed by atoms with Crippen molar-refractivity contribution in [3.8, 4) is 0 Å². The van der Waals surface area contributed by atoms with E-state index < -0.39 is 38.1 Å². The molecule has 2 aromatic carbocycles. The minimum Gasteiger partial charge on any atom is -0.476 e. The van der Waals surface area contributed by atoms with Crippen molar-refractivity contribution in [2.75, 3.05) is 6.54 Å². The number of aromatic carboxylic acids is 1. The van der Waals surface area contributed by atoms with Gasteiger partial charge < -0.3 is 9.63 Å². The van der Waals surface area contributed by atoms with Crippen molar-refractivity contribution in [2.24, 2.45) is 0 Å². The van der Waals surface area contributed by atoms with Crippen LogP contribution in [-0.4, -0.2) is 43.9 Å². The largest absolute Gasteiger partial charge is 0.476 e. The predicted octanol–water partition coefficient (Wildman–Crippen LogP) is 1.55. The summed E-state index contributed by atoms with van der Waals surface area (Å²) in [6, 6.07) is 14.8. The number of carboxylic acids is 1. The Kier molecular flexibility index (Phi) is 6.55. The van der Waals surface area contributed by atoms with Crippen molar-refractivity contribution >= 4 is 26.2 Å². The van der Waals surface area contributed by atoms with Gasteiger partial charge in [-0.3, -0.25) is 0 Å². The van der Waals surface area contributed by atoms with E-state index in [1.807, 2.05) is 0 Å². The van der Waals surface area contributed by atoms with E-state index in [9.17, 15) is 26.7 Å². The number of aryl methyl sites for hydroxylation is 1. The van der Waals surface area contributed by atoms with Crippen molar-refractivity contribution in [1.29, 1.82) is 0 Å². The number of aromatic nitrogens is 1. The normalized spacial score (nSPS) is 16.8. The molecule has 0 radical (unpaired) electrons. The van der Waals surface area contributed by atoms with Crippen LogP contribution < -0.4 is 9.44 Å². The van der Waals surface area contributed by atoms with E-state index in [4.69, 9.17) is 4.52 Å². The third kappa shape index (κ3) is 4.88. The number of carbonyl (C=O) groups is 1. The molecule has 1 aromatic heterocycles. The van der Waals surface area contributed by atoms with E-state index in [2.05, 4.69) is 14.6 Å². The van der Waals surface area contributed by atoms with Crippen LogP contribution in [0.15, 0.2) is 64.0 Å². The minimum atomic E-state index is -4.29. The van der Waals surface area contributed by atoms with E-state index in [0.717, 1.165) is 9.87 Å². The van der Waals surface area contributed by atoms with Crippen molar-refractivity contribution in [1.82, 2.24) is 18.9 Å². The zero-order valence-corrected chi connectivity index (χ0v) is 19.6. The number of benzene rings is 2. The molecule has 2 heterocycles. The third-order valence-corrected chi connectivity index (χ3v) is 8.27. The number of nitrogens with one attached hydrogen (secondary N) is 2. The number of rotatable bonds is 8. The Bertz CT molecular complexity index is 1400. The first kappa shape index (κ1) is 24.0. The molecule has 0 bridgehead atoms. The molecule has 0 saturated heterocycles. The number of fused-ring (bicyclic) bond motifs is 1. The number of sulfonamides is 1. The average Bonchev–Trinajstić information content (AvgIpc) is 3.24. The topological polar surface area (TPSA) is 159 Å². The molecule has 0 aliphatic carbocycles. The van der Waals surface area contributed by atoms with Gasteiger partial charge in [-0.1, -0.05) is 53.2 Å². The fourth-order valence-corrected chi connectivity index (χ4v) is 6.18. The summed E-state index contributed by atoms with van der Waals surface area (Å²) in [5.41, 5.74) is 0.807. The zero-order chi connectivity index (χ0) is 24.5. The van der Waals surface area contributed by atoms with E-state index in [1.165, 1.54) is 12.1 Å². The van der Waals surface area contributed by atoms with E-state index in [0.29, 0.717) is 5.56 Å². The second kappa shape index (κ2) is 9.27. The number of nitrogens with zero attached hydrogens (tertiary/aromatic N) is 2. The standard InChI is InChI=1S/C21H22N4O7S2/c1-14-7-9-16(10-8-14)33(28,29)25-12-11-17-18(19(21(26)27)23-32-17)20(25)24-34(30,31)22-13-15-5-3-2-4-6-15/h2-10,20,22,24H,11-13H2,1H3,(H,26,27). The van der Waals surface area contributed by atoms with Crippen LogP contribution in [0.25, 0.3) is 0 Å². The molecule has 0 spiro atoms. The second-order valence-electron chi connectivity index (χ2n) is 7.68. The highest BCUT2D eigenvalue weighted by Crippen LogP contribution is 2.35. The molecule has 1 aliphatic heterocycles. The lowest BCUT2D eigenvalue weighted by Gasteiger charge is -2.34. The molecule has 0 amide bonds. The predicted molar refractivity (Wildman–Crippen MR) is 120 cm³/mol. The van der Waals surface area contributed by atoms with Crippen LogP contribution in [0.3, 0.4) is 0 Å². The van der Waals surface area contributed by atoms with Crippen molar-refractivity contribution in [2.45, 2.75) is 31.0 Å². The van der Waals surface area contributed by atoms with Crippen molar-refractivity contribution < 1.29 is 31.3 Å². The summed E-state index contributed by atoms with van der Waals surface area (Å²) in [7, 11) is -8.51. The maximum atomic E-state index is 13.5. The maximum Gasteiger partial charge on any atom is 0.358 e. The quantitative estimate of drug-likeness (QED) is 0.415. The Hall–Kier alpha value is -3.10. The lowest BCUT2D eigenvalue weighted by Crippen LogP contribution is -2.50. The average molecular weight is 507 g/mol. The number of hydrogen-bond acceptors (Lipinski definition) is 7. The van der Waals surface area contributed by atoms with Crippen molar-refractivity contribution in [3.05, 3.63) is 82.7 Å². The molecule has 34 heavy (non-hydrogen) atoms. The summed E-state index contributed by atoms with van der Waals surface area (Å²) in [4.78, 5) is 11.7. The Morgan fingerprint density at radius 2 is 1.79 bits per heavy atom. The van der Waals surface area contributed by atoms with Gasteiger partial charge in [-0.15, -0.1) is 0 Å². The van der Waals surface area contributed by atoms with Crippen LogP contribution in [0.1, 0.15) is 39.1 Å². The zero-order valence-electron chi connectivity index (χ0n) is 18.0. The molecule has 180 valence electrons. The molecular weight excluding hydrogens is 484 g/mol. The summed E-state index contributed by atoms with van der Waals surface area (Å²) in [5, 5.41) is 13.1. The Balaban J connectivity index is 1.72. The van der Waals surface area contributed by atoms with Gasteiger partial charge in [0.1, 0.15) is 11.9 Å². The molecule has 1 unspecified atom stereocenters. The first-order valence-corrected chi connectivity index (χ1v) is 13.1. The highest BCUT2D eigenvalue weighted by atomic mass is 32.2. The molecule has 3 N–H and O–H groups in total. The SMILES string of the molecule is Cc1ccc(S(=O)(=O)N2CCc3onc(C(=O)O)c3C2NS(=O)(=O)NCc2ccccc2)cc1. The van der Waals surface area contributed by atoms with Gasteiger partial charge in [-0.2, -0.15) is 22.2 Å². The molecule has 3 aromatic rings. The van der Waals surface area contributed by atoms with Gasteiger partial charge in [0.15, 0.2) is 5.69 Å². The molecule has 0 saturated carbocycles. The highest BCUT2D eigenvalue weighted by molar-refractivity contribution is 7.89. The summed E-state index contributed by atoms with van der Waals surface area (Å²) in [5.74, 6) is -1.37. The van der Waals surface area contributed by atoms with E-state index >= 15 is 0 Å². The summed E-state index contributed by atoms with van der Waals surface area (Å²) < 4.78 is 63.4. The third-order valence-electron chi connectivity index (χ3n) is 5.33. The van der Waals surface area contributed by atoms with E-state index in [-0.39, 0.29) is 35.7 Å². The van der Waals surface area contributed by atoms with Crippen LogP contribution in [0.4, 0.5) is 0 Å². The molecular formula is C21H22N4O7S2. The van der Waals surface area contributed by atoms with Crippen LogP contribution in [0.2, 0.25) is 0 Å². The first-order valence-electron chi connectivity index (χ1n) is 10.2. The summed E-state index contributed by atoms with van der Waals surface area (Å²) >= 11 is 0. The van der Waals surface area contributed by atoms with Gasteiger partial charge in [-0.25, -0.2) is 13.2 Å². The van der Waals surface area contributed by atoms with Crippen LogP contribution >= 0.6 is 0 Å². The lowest BCUT2D eigenvalue weighted by molar-refractivity contribution is 0.0682. The highest BCUT2D eigenvalue weighted by Gasteiger charge is 2.43. The Labute approximate surface area is 196 Å². The molecule has 4 rings (SSSR count). The second-order valence-corrected chi connectivity index (χ2v) is 11.1. The molecule has 1 aliphatic rings. The maximum absolute atomic E-state index is 13.5. The molecule has 13 heteroatoms. The monoisotopic (exact) mass is 506 g/mol. The summed E-state index contributed by atoms with van der Waals surface area (Å²) in [6.07, 6.45) is -1.56. The van der Waals surface area contributed by atoms with Gasteiger partial charge in [0.05, 0.1) is 10.5 Å². The van der Waals surface area contributed by atoms with Gasteiger partial charge in [-0.05, 0) is 24.6 Å². The first-order chi connectivity index (χ1) is 16.1. The fraction of sp³-hybridized carbons (Fsp3) is 0.238. The van der Waals surface area contributed by atoms with Crippen molar-refractivity contribution in [3.63, 3.8) is 0 Å². The lowest BCUT2D eigenvalue weighted by atomic mass is 10.0. The Morgan fingerprint density at radius 3 is 2.44 bits per heavy atom. The molecule has 0 fully saturated rings. The molecule has 11 nitrogen and oxygen atoms in total. The van der Waals surface area contributed by atoms with Gasteiger partial charge in [0, 0.05) is 19.5 Å². The number of carboxylic acid groups (broad SMARTS) is 1. The van der Waals surface area contributed by atoms with Gasteiger partial charge >= 0.3 is 5.97 Å². The van der Waals surface area contributed by atoms with Gasteiger partial charge in [0.25, 0.3) is 10.2 Å². The smallest absolute Gasteiger partial charge is 0.358 e. The van der Waals surface area contributed by atoms with Gasteiger partial charge in [0.2, 0.25) is 10.0 Å². The minimum absolute atomic E-state index is 0.0242. The molecule has 1 atom stereocenters. The Morgan fingerprint density at radius 1 is 1.12 bits per heavy atom. The van der Waals surface area contributed by atoms with Crippen LogP contribution in [0, 0.1) is 6.92 Å². The number of hydrogen-bond donors (Lipinski definition) is 3.